The van der Waals surface area contributed by atoms with Crippen LogP contribution in [-0.4, -0.2) is 23.6 Å². The van der Waals surface area contributed by atoms with Crippen molar-refractivity contribution in [3.8, 4) is 6.07 Å². The predicted octanol–water partition coefficient (Wildman–Crippen LogP) is 2.31. The molecule has 0 saturated carbocycles. The molecule has 1 amide bonds. The Hall–Kier alpha value is -3.76. The first-order chi connectivity index (χ1) is 16.0. The lowest BCUT2D eigenvalue weighted by Crippen LogP contribution is -3.13. The number of quaternary nitrogens is 1. The highest BCUT2D eigenvalue weighted by Crippen LogP contribution is 2.31. The van der Waals surface area contributed by atoms with E-state index in [1.54, 1.807) is 30.3 Å². The van der Waals surface area contributed by atoms with Gasteiger partial charge in [-0.1, -0.05) is 12.1 Å². The Morgan fingerprint density at radius 1 is 1.09 bits per heavy atom. The van der Waals surface area contributed by atoms with Crippen LogP contribution < -0.4 is 15.8 Å². The first-order valence-electron chi connectivity index (χ1n) is 11.1. The van der Waals surface area contributed by atoms with E-state index in [1.807, 2.05) is 28.8 Å². The maximum atomic E-state index is 13.2. The molecule has 1 fully saturated rings. The molecule has 1 unspecified atom stereocenters. The van der Waals surface area contributed by atoms with Crippen LogP contribution in [-0.2, 0) is 13.1 Å². The molecule has 1 saturated heterocycles. The Morgan fingerprint density at radius 2 is 1.85 bits per heavy atom. The summed E-state index contributed by atoms with van der Waals surface area (Å²) in [7, 11) is 0. The van der Waals surface area contributed by atoms with Crippen molar-refractivity contribution in [1.29, 1.82) is 5.26 Å². The topological polar surface area (TPSA) is 79.3 Å². The van der Waals surface area contributed by atoms with Gasteiger partial charge >= 0.3 is 0 Å². The number of fused-ring (bicyclic) bond motifs is 4. The summed E-state index contributed by atoms with van der Waals surface area (Å²) in [6, 6.07) is 18.7. The van der Waals surface area contributed by atoms with Gasteiger partial charge in [0, 0.05) is 35.2 Å². The molecular formula is C26H24FN4O2+. The number of nitrogens with one attached hydrogen (secondary N) is 2. The van der Waals surface area contributed by atoms with Gasteiger partial charge in [0.05, 0.1) is 24.7 Å². The van der Waals surface area contributed by atoms with Gasteiger partial charge in [-0.3, -0.25) is 9.59 Å². The summed E-state index contributed by atoms with van der Waals surface area (Å²) in [6.45, 7) is 3.36. The number of halogens is 1. The fourth-order valence-corrected chi connectivity index (χ4v) is 5.19. The molecular weight excluding hydrogens is 419 g/mol. The third kappa shape index (κ3) is 4.30. The SMILES string of the molecule is N#Cc1ccc(C(=O)Nc2ccc3n(c2=O)C[C@H]2C[C@@H]3C[NH+](Cc3ccc(F)cc3)C2)cc1. The smallest absolute Gasteiger partial charge is 0.274 e. The summed E-state index contributed by atoms with van der Waals surface area (Å²) >= 11 is 0. The fourth-order valence-electron chi connectivity index (χ4n) is 5.19. The Balaban J connectivity index is 1.33. The third-order valence-electron chi connectivity index (χ3n) is 6.69. The van der Waals surface area contributed by atoms with Crippen LogP contribution in [0.2, 0.25) is 0 Å². The monoisotopic (exact) mass is 443 g/mol. The van der Waals surface area contributed by atoms with E-state index in [2.05, 4.69) is 5.32 Å². The average Bonchev–Trinajstić information content (AvgIpc) is 2.82. The van der Waals surface area contributed by atoms with Gasteiger partial charge in [0.25, 0.3) is 11.5 Å². The number of anilines is 1. The van der Waals surface area contributed by atoms with Crippen LogP contribution in [0.1, 0.15) is 39.5 Å². The molecule has 3 heterocycles. The maximum Gasteiger partial charge on any atom is 0.274 e. The quantitative estimate of drug-likeness (QED) is 0.650. The predicted molar refractivity (Wildman–Crippen MR) is 121 cm³/mol. The van der Waals surface area contributed by atoms with Crippen LogP contribution in [0.5, 0.6) is 0 Å². The molecule has 2 bridgehead atoms. The van der Waals surface area contributed by atoms with E-state index in [-0.39, 0.29) is 28.9 Å². The van der Waals surface area contributed by atoms with Gasteiger partial charge in [-0.25, -0.2) is 4.39 Å². The van der Waals surface area contributed by atoms with Crippen molar-refractivity contribution < 1.29 is 14.1 Å². The van der Waals surface area contributed by atoms with Gasteiger partial charge in [-0.05, 0) is 55.0 Å². The first-order valence-corrected chi connectivity index (χ1v) is 11.1. The minimum atomic E-state index is -0.372. The van der Waals surface area contributed by atoms with Crippen molar-refractivity contribution >= 4 is 11.6 Å². The van der Waals surface area contributed by atoms with Crippen molar-refractivity contribution in [2.45, 2.75) is 25.4 Å². The largest absolute Gasteiger partial charge is 0.330 e. The Morgan fingerprint density at radius 3 is 2.58 bits per heavy atom. The highest BCUT2D eigenvalue weighted by atomic mass is 19.1. The average molecular weight is 444 g/mol. The molecule has 7 heteroatoms. The number of nitriles is 1. The van der Waals surface area contributed by atoms with E-state index in [9.17, 15) is 14.0 Å². The second-order valence-corrected chi connectivity index (χ2v) is 8.99. The van der Waals surface area contributed by atoms with E-state index >= 15 is 0 Å². The number of rotatable bonds is 4. The zero-order valence-corrected chi connectivity index (χ0v) is 18.1. The molecule has 2 aromatic carbocycles. The van der Waals surface area contributed by atoms with Crippen molar-refractivity contribution in [2.75, 3.05) is 18.4 Å². The van der Waals surface area contributed by atoms with Crippen LogP contribution in [0, 0.1) is 23.1 Å². The second-order valence-electron chi connectivity index (χ2n) is 8.99. The van der Waals surface area contributed by atoms with Gasteiger partial charge in [-0.2, -0.15) is 5.26 Å². The molecule has 0 aliphatic carbocycles. The van der Waals surface area contributed by atoms with Gasteiger partial charge in [-0.15, -0.1) is 0 Å². The second kappa shape index (κ2) is 8.64. The van der Waals surface area contributed by atoms with Crippen molar-refractivity contribution in [3.05, 3.63) is 99.2 Å². The first kappa shape index (κ1) is 21.1. The summed E-state index contributed by atoms with van der Waals surface area (Å²) in [5.74, 6) is 0.0699. The minimum absolute atomic E-state index is 0.175. The summed E-state index contributed by atoms with van der Waals surface area (Å²) in [6.07, 6.45) is 1.06. The zero-order valence-electron chi connectivity index (χ0n) is 18.1. The van der Waals surface area contributed by atoms with Crippen LogP contribution in [0.15, 0.2) is 65.5 Å². The van der Waals surface area contributed by atoms with Crippen molar-refractivity contribution in [3.63, 3.8) is 0 Å². The number of nitrogens with zero attached hydrogens (tertiary/aromatic N) is 2. The fraction of sp³-hybridized carbons (Fsp3) is 0.269. The Labute approximate surface area is 190 Å². The number of benzene rings is 2. The summed E-state index contributed by atoms with van der Waals surface area (Å²) in [5, 5.41) is 11.6. The summed E-state index contributed by atoms with van der Waals surface area (Å²) in [5.41, 5.74) is 3.10. The Kier molecular flexibility index (Phi) is 5.53. The molecule has 3 atom stereocenters. The maximum absolute atomic E-state index is 13.2. The molecule has 2 aliphatic rings. The van der Waals surface area contributed by atoms with Gasteiger partial charge in [0.2, 0.25) is 0 Å². The van der Waals surface area contributed by atoms with E-state index in [4.69, 9.17) is 5.26 Å². The number of carbonyl (C=O) groups is 1. The molecule has 6 nitrogen and oxygen atoms in total. The van der Waals surface area contributed by atoms with Gasteiger partial charge in [0.1, 0.15) is 18.0 Å². The van der Waals surface area contributed by atoms with E-state index in [0.29, 0.717) is 23.6 Å². The number of likely N-dealkylation sites (tertiary alicyclic amines) is 1. The Bertz CT molecular complexity index is 1290. The van der Waals surface area contributed by atoms with Crippen molar-refractivity contribution in [2.24, 2.45) is 5.92 Å². The number of carbonyl (C=O) groups excluding carboxylic acids is 1. The number of hydrogen-bond acceptors (Lipinski definition) is 3. The van der Waals surface area contributed by atoms with Crippen LogP contribution in [0.3, 0.4) is 0 Å². The minimum Gasteiger partial charge on any atom is -0.330 e. The number of pyridine rings is 1. The van der Waals surface area contributed by atoms with Crippen molar-refractivity contribution in [1.82, 2.24) is 4.57 Å². The number of amides is 1. The molecule has 166 valence electrons. The number of aromatic nitrogens is 1. The lowest BCUT2D eigenvalue weighted by molar-refractivity contribution is -0.924. The summed E-state index contributed by atoms with van der Waals surface area (Å²) in [4.78, 5) is 27.2. The normalized spacial score (nSPS) is 21.0. The summed E-state index contributed by atoms with van der Waals surface area (Å²) < 4.78 is 15.0. The number of piperidine rings is 1. The highest BCUT2D eigenvalue weighted by Gasteiger charge is 2.37. The lowest BCUT2D eigenvalue weighted by Gasteiger charge is -2.40. The molecule has 33 heavy (non-hydrogen) atoms. The molecule has 1 aromatic heterocycles. The third-order valence-corrected chi connectivity index (χ3v) is 6.69. The molecule has 5 rings (SSSR count). The van der Waals surface area contributed by atoms with Crippen LogP contribution in [0.25, 0.3) is 0 Å². The number of hydrogen-bond donors (Lipinski definition) is 2. The van der Waals surface area contributed by atoms with Gasteiger partial charge in [0.15, 0.2) is 0 Å². The molecule has 3 aromatic rings. The van der Waals surface area contributed by atoms with Crippen LogP contribution in [0.4, 0.5) is 10.1 Å². The molecule has 0 radical (unpaired) electrons. The zero-order chi connectivity index (χ0) is 22.9. The van der Waals surface area contributed by atoms with E-state index in [0.717, 1.165) is 37.3 Å². The lowest BCUT2D eigenvalue weighted by atomic mass is 9.83. The van der Waals surface area contributed by atoms with Gasteiger partial charge < -0.3 is 14.8 Å². The molecule has 0 spiro atoms. The standard InChI is InChI=1S/C26H23FN4O2/c27-22-7-3-18(4-8-22)13-30-14-19-11-21(16-30)24-10-9-23(26(33)31(24)15-19)29-25(32)20-5-1-17(12-28)2-6-20/h1-10,19,21H,11,13-16H2,(H,29,32)/p+1/t19-,21+/m0/s1. The highest BCUT2D eigenvalue weighted by molar-refractivity contribution is 6.04. The van der Waals surface area contributed by atoms with E-state index in [1.165, 1.54) is 17.0 Å². The van der Waals surface area contributed by atoms with Crippen LogP contribution >= 0.6 is 0 Å². The van der Waals surface area contributed by atoms with E-state index < -0.39 is 0 Å². The molecule has 2 aliphatic heterocycles. The molecule has 2 N–H and O–H groups in total.